The van der Waals surface area contributed by atoms with Gasteiger partial charge in [-0.15, -0.1) is 0 Å². The summed E-state index contributed by atoms with van der Waals surface area (Å²) in [4.78, 5) is 8.73. The Kier molecular flexibility index (Phi) is 3.29. The van der Waals surface area contributed by atoms with Gasteiger partial charge in [-0.05, 0) is 30.2 Å². The lowest BCUT2D eigenvalue weighted by Gasteiger charge is -2.09. The minimum absolute atomic E-state index is 0.282. The molecule has 0 aliphatic rings. The van der Waals surface area contributed by atoms with Crippen LogP contribution in [0, 0.1) is 0 Å². The highest BCUT2D eigenvalue weighted by Crippen LogP contribution is 2.23. The van der Waals surface area contributed by atoms with Crippen LogP contribution in [-0.4, -0.2) is 9.97 Å². The van der Waals surface area contributed by atoms with Crippen LogP contribution < -0.4 is 5.73 Å². The zero-order valence-corrected chi connectivity index (χ0v) is 10.6. The van der Waals surface area contributed by atoms with E-state index in [0.717, 1.165) is 11.3 Å². The van der Waals surface area contributed by atoms with Crippen LogP contribution in [0.1, 0.15) is 25.5 Å². The summed E-state index contributed by atoms with van der Waals surface area (Å²) in [5.74, 6) is 0.962. The molecule has 2 aromatic rings. The maximum atomic E-state index is 5.85. The maximum absolute atomic E-state index is 5.85. The molecule has 3 nitrogen and oxygen atoms in total. The second kappa shape index (κ2) is 4.72. The van der Waals surface area contributed by atoms with Crippen LogP contribution >= 0.6 is 11.6 Å². The van der Waals surface area contributed by atoms with Gasteiger partial charge in [-0.25, -0.2) is 9.97 Å². The summed E-state index contributed by atoms with van der Waals surface area (Å²) in [6.07, 6.45) is 1.66. The molecule has 0 atom stereocenters. The highest BCUT2D eigenvalue weighted by atomic mass is 35.5. The van der Waals surface area contributed by atoms with E-state index in [0.29, 0.717) is 16.5 Å². The van der Waals surface area contributed by atoms with E-state index in [1.54, 1.807) is 6.20 Å². The van der Waals surface area contributed by atoms with Crippen LogP contribution in [0.4, 0.5) is 5.69 Å². The standard InChI is InChI=1S/C13H14ClN3/c1-8(2)12-11(15)7-16-13(17-12)9-3-5-10(14)6-4-9/h3-8H,15H2,1-2H3. The maximum Gasteiger partial charge on any atom is 0.159 e. The summed E-state index contributed by atoms with van der Waals surface area (Å²) < 4.78 is 0. The first-order chi connectivity index (χ1) is 8.08. The number of anilines is 1. The Morgan fingerprint density at radius 3 is 2.41 bits per heavy atom. The molecule has 0 aliphatic heterocycles. The average molecular weight is 248 g/mol. The van der Waals surface area contributed by atoms with Gasteiger partial charge in [0.15, 0.2) is 5.82 Å². The van der Waals surface area contributed by atoms with Gasteiger partial charge in [0.1, 0.15) is 0 Å². The molecular formula is C13H14ClN3. The van der Waals surface area contributed by atoms with Crippen molar-refractivity contribution in [1.82, 2.24) is 9.97 Å². The number of nitrogens with two attached hydrogens (primary N) is 1. The third-order valence-corrected chi connectivity index (χ3v) is 2.75. The number of aromatic nitrogens is 2. The highest BCUT2D eigenvalue weighted by molar-refractivity contribution is 6.30. The predicted octanol–water partition coefficient (Wildman–Crippen LogP) is 3.50. The number of rotatable bonds is 2. The Balaban J connectivity index is 2.46. The fourth-order valence-electron chi connectivity index (χ4n) is 1.60. The van der Waals surface area contributed by atoms with Gasteiger partial charge in [-0.2, -0.15) is 0 Å². The van der Waals surface area contributed by atoms with Crippen molar-refractivity contribution < 1.29 is 0 Å². The molecule has 0 saturated carbocycles. The number of hydrogen-bond donors (Lipinski definition) is 1. The predicted molar refractivity (Wildman–Crippen MR) is 71.0 cm³/mol. The minimum Gasteiger partial charge on any atom is -0.396 e. The van der Waals surface area contributed by atoms with Gasteiger partial charge >= 0.3 is 0 Å². The first kappa shape index (κ1) is 11.9. The molecule has 2 rings (SSSR count). The van der Waals surface area contributed by atoms with Crippen molar-refractivity contribution in [2.75, 3.05) is 5.73 Å². The molecule has 0 aliphatic carbocycles. The zero-order valence-electron chi connectivity index (χ0n) is 9.81. The van der Waals surface area contributed by atoms with Gasteiger partial charge in [0.2, 0.25) is 0 Å². The first-order valence-electron chi connectivity index (χ1n) is 5.46. The number of halogens is 1. The lowest BCUT2D eigenvalue weighted by Crippen LogP contribution is -2.03. The monoisotopic (exact) mass is 247 g/mol. The molecule has 0 spiro atoms. The van der Waals surface area contributed by atoms with Crippen molar-refractivity contribution in [3.05, 3.63) is 41.2 Å². The Bertz CT molecular complexity index is 521. The third-order valence-electron chi connectivity index (χ3n) is 2.50. The lowest BCUT2D eigenvalue weighted by atomic mass is 10.1. The second-order valence-electron chi connectivity index (χ2n) is 4.20. The number of nitrogens with zero attached hydrogens (tertiary/aromatic N) is 2. The lowest BCUT2D eigenvalue weighted by molar-refractivity contribution is 0.821. The summed E-state index contributed by atoms with van der Waals surface area (Å²) in [7, 11) is 0. The molecule has 17 heavy (non-hydrogen) atoms. The van der Waals surface area contributed by atoms with Crippen LogP contribution in [0.15, 0.2) is 30.5 Å². The molecule has 88 valence electrons. The van der Waals surface area contributed by atoms with Crippen molar-refractivity contribution in [2.24, 2.45) is 0 Å². The fourth-order valence-corrected chi connectivity index (χ4v) is 1.73. The molecule has 4 heteroatoms. The van der Waals surface area contributed by atoms with Crippen molar-refractivity contribution in [3.63, 3.8) is 0 Å². The number of nitrogen functional groups attached to an aromatic ring is 1. The molecule has 0 bridgehead atoms. The molecular weight excluding hydrogens is 234 g/mol. The molecule has 1 aromatic heterocycles. The summed E-state index contributed by atoms with van der Waals surface area (Å²) >= 11 is 5.85. The summed E-state index contributed by atoms with van der Waals surface area (Å²) in [5, 5.41) is 0.702. The molecule has 0 radical (unpaired) electrons. The quantitative estimate of drug-likeness (QED) is 0.884. The topological polar surface area (TPSA) is 51.8 Å². The Hall–Kier alpha value is -1.61. The van der Waals surface area contributed by atoms with Crippen LogP contribution in [0.25, 0.3) is 11.4 Å². The van der Waals surface area contributed by atoms with E-state index in [1.165, 1.54) is 0 Å². The molecule has 0 amide bonds. The van der Waals surface area contributed by atoms with Gasteiger partial charge in [-0.1, -0.05) is 25.4 Å². The summed E-state index contributed by atoms with van der Waals surface area (Å²) in [5.41, 5.74) is 8.30. The van der Waals surface area contributed by atoms with E-state index >= 15 is 0 Å². The van der Waals surface area contributed by atoms with Crippen LogP contribution in [-0.2, 0) is 0 Å². The summed E-state index contributed by atoms with van der Waals surface area (Å²) in [6.45, 7) is 4.12. The van der Waals surface area contributed by atoms with E-state index in [2.05, 4.69) is 23.8 Å². The van der Waals surface area contributed by atoms with Crippen molar-refractivity contribution in [3.8, 4) is 11.4 Å². The molecule has 0 saturated heterocycles. The Labute approximate surface area is 106 Å². The summed E-state index contributed by atoms with van der Waals surface area (Å²) in [6, 6.07) is 7.45. The molecule has 0 unspecified atom stereocenters. The Morgan fingerprint density at radius 1 is 1.18 bits per heavy atom. The largest absolute Gasteiger partial charge is 0.396 e. The molecule has 0 fully saturated rings. The van der Waals surface area contributed by atoms with Gasteiger partial charge in [0.25, 0.3) is 0 Å². The van der Waals surface area contributed by atoms with Crippen molar-refractivity contribution in [2.45, 2.75) is 19.8 Å². The first-order valence-corrected chi connectivity index (χ1v) is 5.84. The fraction of sp³-hybridized carbons (Fsp3) is 0.231. The molecule has 2 N–H and O–H groups in total. The van der Waals surface area contributed by atoms with Crippen molar-refractivity contribution >= 4 is 17.3 Å². The normalized spacial score (nSPS) is 10.8. The minimum atomic E-state index is 0.282. The molecule has 1 aromatic carbocycles. The van der Waals surface area contributed by atoms with E-state index in [-0.39, 0.29) is 5.92 Å². The molecule has 1 heterocycles. The zero-order chi connectivity index (χ0) is 12.4. The second-order valence-corrected chi connectivity index (χ2v) is 4.63. The van der Waals surface area contributed by atoms with Crippen LogP contribution in [0.5, 0.6) is 0 Å². The van der Waals surface area contributed by atoms with Crippen molar-refractivity contribution in [1.29, 1.82) is 0 Å². The van der Waals surface area contributed by atoms with E-state index in [1.807, 2.05) is 24.3 Å². The van der Waals surface area contributed by atoms with E-state index < -0.39 is 0 Å². The van der Waals surface area contributed by atoms with Gasteiger partial charge in [0.05, 0.1) is 17.6 Å². The van der Waals surface area contributed by atoms with E-state index in [4.69, 9.17) is 17.3 Å². The van der Waals surface area contributed by atoms with Gasteiger partial charge < -0.3 is 5.73 Å². The van der Waals surface area contributed by atoms with Crippen LogP contribution in [0.2, 0.25) is 5.02 Å². The highest BCUT2D eigenvalue weighted by Gasteiger charge is 2.09. The number of hydrogen-bond acceptors (Lipinski definition) is 3. The Morgan fingerprint density at radius 2 is 1.82 bits per heavy atom. The SMILES string of the molecule is CC(C)c1nc(-c2ccc(Cl)cc2)ncc1N. The van der Waals surface area contributed by atoms with E-state index in [9.17, 15) is 0 Å². The van der Waals surface area contributed by atoms with Gasteiger partial charge in [-0.3, -0.25) is 0 Å². The number of benzene rings is 1. The van der Waals surface area contributed by atoms with Crippen LogP contribution in [0.3, 0.4) is 0 Å². The van der Waals surface area contributed by atoms with Gasteiger partial charge in [0, 0.05) is 10.6 Å². The average Bonchev–Trinajstić information content (AvgIpc) is 2.30. The third kappa shape index (κ3) is 2.56. The smallest absolute Gasteiger partial charge is 0.159 e.